The average Bonchev–Trinajstić information content (AvgIpc) is 3.33. The van der Waals surface area contributed by atoms with Crippen molar-refractivity contribution in [3.63, 3.8) is 0 Å². The van der Waals surface area contributed by atoms with E-state index >= 15 is 0 Å². The predicted molar refractivity (Wildman–Crippen MR) is 129 cm³/mol. The molecule has 0 saturated carbocycles. The molecule has 1 heterocycles. The second-order valence-corrected chi connectivity index (χ2v) is 8.32. The zero-order chi connectivity index (χ0) is 22.9. The molecule has 3 rings (SSSR count). The molecule has 2 aromatic carbocycles. The molecule has 1 aromatic heterocycles. The Kier molecular flexibility index (Phi) is 8.33. The minimum absolute atomic E-state index is 0.306. The van der Waals surface area contributed by atoms with Crippen molar-refractivity contribution in [1.29, 1.82) is 0 Å². The van der Waals surface area contributed by atoms with Crippen LogP contribution in [-0.2, 0) is 16.1 Å². The molecule has 1 amide bonds. The van der Waals surface area contributed by atoms with Crippen LogP contribution in [0.1, 0.15) is 28.0 Å². The van der Waals surface area contributed by atoms with Crippen LogP contribution in [0.5, 0.6) is 0 Å². The number of thioether (sulfide) groups is 1. The highest BCUT2D eigenvalue weighted by atomic mass is 32.2. The highest BCUT2D eigenvalue weighted by Crippen LogP contribution is 2.30. The number of hydrogen-bond donors (Lipinski definition) is 3. The van der Waals surface area contributed by atoms with Crippen LogP contribution in [0, 0.1) is 6.92 Å². The molecule has 32 heavy (non-hydrogen) atoms. The van der Waals surface area contributed by atoms with Gasteiger partial charge in [-0.05, 0) is 60.2 Å². The van der Waals surface area contributed by atoms with Gasteiger partial charge in [0.2, 0.25) is 0 Å². The van der Waals surface area contributed by atoms with Crippen molar-refractivity contribution in [2.24, 2.45) is 0 Å². The van der Waals surface area contributed by atoms with Gasteiger partial charge < -0.3 is 20.4 Å². The molecule has 1 atom stereocenters. The lowest BCUT2D eigenvalue weighted by atomic mass is 9.94. The first kappa shape index (κ1) is 23.4. The van der Waals surface area contributed by atoms with E-state index in [1.165, 1.54) is 7.11 Å². The fourth-order valence-electron chi connectivity index (χ4n) is 3.39. The Morgan fingerprint density at radius 2 is 2.00 bits per heavy atom. The number of imidazole rings is 1. The number of aryl methyl sites for hydroxylation is 1. The Bertz CT molecular complexity index is 1050. The van der Waals surface area contributed by atoms with Gasteiger partial charge in [-0.15, -0.1) is 0 Å². The smallest absolute Gasteiger partial charge is 0.328 e. The number of amides is 1. The summed E-state index contributed by atoms with van der Waals surface area (Å²) >= 11 is 1.61. The summed E-state index contributed by atoms with van der Waals surface area (Å²) in [5.74, 6) is -0.0104. The molecule has 0 aliphatic carbocycles. The lowest BCUT2D eigenvalue weighted by Crippen LogP contribution is -2.42. The molecule has 8 heteroatoms. The van der Waals surface area contributed by atoms with E-state index in [1.54, 1.807) is 30.4 Å². The van der Waals surface area contributed by atoms with Crippen LogP contribution in [-0.4, -0.2) is 47.0 Å². The topological polar surface area (TPSA) is 96.1 Å². The molecule has 3 aromatic rings. The van der Waals surface area contributed by atoms with E-state index in [0.717, 1.165) is 33.8 Å². The summed E-state index contributed by atoms with van der Waals surface area (Å²) in [5.41, 5.74) is 5.15. The first-order valence-corrected chi connectivity index (χ1v) is 11.7. The predicted octanol–water partition coefficient (Wildman–Crippen LogP) is 4.02. The SMILES string of the molecule is COC(=O)C(CCSC)NC(=O)c1ccc(NCc2cnc[nH]2)cc1-c1ccccc1C. The zero-order valence-corrected chi connectivity index (χ0v) is 19.3. The molecule has 0 spiro atoms. The van der Waals surface area contributed by atoms with Gasteiger partial charge in [-0.25, -0.2) is 9.78 Å². The first-order chi connectivity index (χ1) is 15.5. The molecule has 168 valence electrons. The van der Waals surface area contributed by atoms with Gasteiger partial charge in [0.1, 0.15) is 6.04 Å². The number of carbonyl (C=O) groups is 2. The number of aromatic nitrogens is 2. The van der Waals surface area contributed by atoms with E-state index in [9.17, 15) is 9.59 Å². The third-order valence-corrected chi connectivity index (χ3v) is 5.78. The second kappa shape index (κ2) is 11.4. The molecule has 3 N–H and O–H groups in total. The Morgan fingerprint density at radius 1 is 1.19 bits per heavy atom. The fraction of sp³-hybridized carbons (Fsp3) is 0.292. The number of nitrogens with one attached hydrogen (secondary N) is 3. The van der Waals surface area contributed by atoms with Gasteiger partial charge in [0.15, 0.2) is 0 Å². The summed E-state index contributed by atoms with van der Waals surface area (Å²) in [4.78, 5) is 32.5. The Balaban J connectivity index is 1.91. The van der Waals surface area contributed by atoms with Gasteiger partial charge in [0, 0.05) is 17.4 Å². The van der Waals surface area contributed by atoms with Gasteiger partial charge >= 0.3 is 5.97 Å². The number of H-pyrrole nitrogens is 1. The van der Waals surface area contributed by atoms with E-state index in [2.05, 4.69) is 20.6 Å². The number of nitrogens with zero attached hydrogens (tertiary/aromatic N) is 1. The molecule has 7 nitrogen and oxygen atoms in total. The van der Waals surface area contributed by atoms with Crippen LogP contribution < -0.4 is 10.6 Å². The number of methoxy groups -OCH3 is 1. The maximum absolute atomic E-state index is 13.2. The van der Waals surface area contributed by atoms with E-state index in [4.69, 9.17) is 4.74 Å². The Labute approximate surface area is 192 Å². The third-order valence-electron chi connectivity index (χ3n) is 5.14. The number of aromatic amines is 1. The van der Waals surface area contributed by atoms with Gasteiger partial charge in [-0.1, -0.05) is 24.3 Å². The summed E-state index contributed by atoms with van der Waals surface area (Å²) in [6.45, 7) is 2.59. The van der Waals surface area contributed by atoms with Gasteiger partial charge in [0.25, 0.3) is 5.91 Å². The van der Waals surface area contributed by atoms with Crippen molar-refractivity contribution in [3.8, 4) is 11.1 Å². The van der Waals surface area contributed by atoms with Crippen molar-refractivity contribution in [2.75, 3.05) is 24.4 Å². The Morgan fingerprint density at radius 3 is 2.69 bits per heavy atom. The average molecular weight is 453 g/mol. The lowest BCUT2D eigenvalue weighted by molar-refractivity contribution is -0.142. The monoisotopic (exact) mass is 452 g/mol. The van der Waals surface area contributed by atoms with Gasteiger partial charge in [0.05, 0.1) is 25.7 Å². The van der Waals surface area contributed by atoms with Crippen molar-refractivity contribution in [1.82, 2.24) is 15.3 Å². The third kappa shape index (κ3) is 5.91. The minimum Gasteiger partial charge on any atom is -0.467 e. The highest BCUT2D eigenvalue weighted by molar-refractivity contribution is 7.98. The number of anilines is 1. The number of hydrogen-bond acceptors (Lipinski definition) is 6. The van der Waals surface area contributed by atoms with E-state index in [1.807, 2.05) is 49.6 Å². The lowest BCUT2D eigenvalue weighted by Gasteiger charge is -2.19. The molecular formula is C24H28N4O3S. The minimum atomic E-state index is -0.692. The maximum atomic E-state index is 13.2. The standard InChI is InChI=1S/C24H28N4O3S/c1-16-6-4-5-7-19(16)21-12-17(26-14-18-13-25-15-27-18)8-9-20(21)23(29)28-22(10-11-32-3)24(30)31-2/h4-9,12-13,15,22,26H,10-11,14H2,1-3H3,(H,25,27)(H,28,29). The van der Waals surface area contributed by atoms with Crippen LogP contribution in [0.2, 0.25) is 0 Å². The van der Waals surface area contributed by atoms with Gasteiger partial charge in [-0.2, -0.15) is 11.8 Å². The van der Waals surface area contributed by atoms with E-state index in [-0.39, 0.29) is 5.91 Å². The van der Waals surface area contributed by atoms with Crippen LogP contribution in [0.25, 0.3) is 11.1 Å². The molecule has 0 aliphatic heterocycles. The van der Waals surface area contributed by atoms with E-state index in [0.29, 0.717) is 18.5 Å². The molecular weight excluding hydrogens is 424 g/mol. The van der Waals surface area contributed by atoms with Crippen molar-refractivity contribution >= 4 is 29.3 Å². The summed E-state index contributed by atoms with van der Waals surface area (Å²) < 4.78 is 4.89. The number of esters is 1. The van der Waals surface area contributed by atoms with Gasteiger partial charge in [-0.3, -0.25) is 4.79 Å². The highest BCUT2D eigenvalue weighted by Gasteiger charge is 2.23. The largest absolute Gasteiger partial charge is 0.467 e. The Hall–Kier alpha value is -3.26. The maximum Gasteiger partial charge on any atom is 0.328 e. The van der Waals surface area contributed by atoms with Crippen LogP contribution in [0.3, 0.4) is 0 Å². The number of ether oxygens (including phenoxy) is 1. The summed E-state index contributed by atoms with van der Waals surface area (Å²) in [6.07, 6.45) is 5.86. The molecule has 0 radical (unpaired) electrons. The quantitative estimate of drug-likeness (QED) is 0.402. The van der Waals surface area contributed by atoms with Crippen molar-refractivity contribution in [2.45, 2.75) is 25.9 Å². The molecule has 1 unspecified atom stereocenters. The zero-order valence-electron chi connectivity index (χ0n) is 18.5. The first-order valence-electron chi connectivity index (χ1n) is 10.3. The normalized spacial score (nSPS) is 11.6. The van der Waals surface area contributed by atoms with Crippen molar-refractivity contribution < 1.29 is 14.3 Å². The fourth-order valence-corrected chi connectivity index (χ4v) is 3.86. The van der Waals surface area contributed by atoms with Crippen LogP contribution in [0.15, 0.2) is 55.0 Å². The number of rotatable bonds is 10. The molecule has 0 aliphatic rings. The van der Waals surface area contributed by atoms with Crippen LogP contribution >= 0.6 is 11.8 Å². The number of benzene rings is 2. The number of carbonyl (C=O) groups excluding carboxylic acids is 2. The summed E-state index contributed by atoms with van der Waals surface area (Å²) in [6, 6.07) is 12.8. The molecule has 0 saturated heterocycles. The van der Waals surface area contributed by atoms with Crippen LogP contribution in [0.4, 0.5) is 5.69 Å². The molecule has 0 fully saturated rings. The molecule has 0 bridgehead atoms. The van der Waals surface area contributed by atoms with Crippen molar-refractivity contribution in [3.05, 3.63) is 71.8 Å². The summed E-state index contributed by atoms with van der Waals surface area (Å²) in [7, 11) is 1.33. The second-order valence-electron chi connectivity index (χ2n) is 7.34. The summed E-state index contributed by atoms with van der Waals surface area (Å²) in [5, 5.41) is 6.22. The van der Waals surface area contributed by atoms with E-state index < -0.39 is 12.0 Å².